The Labute approximate surface area is 115 Å². The van der Waals surface area contributed by atoms with Gasteiger partial charge in [-0.05, 0) is 20.4 Å². The Hall–Kier alpha value is -1.11. The molecule has 0 saturated carbocycles. The van der Waals surface area contributed by atoms with Crippen molar-refractivity contribution in [3.05, 3.63) is 11.4 Å². The highest BCUT2D eigenvalue weighted by Gasteiger charge is 2.14. The smallest absolute Gasteiger partial charge is 0.0862 e. The summed E-state index contributed by atoms with van der Waals surface area (Å²) in [6, 6.07) is 0. The summed E-state index contributed by atoms with van der Waals surface area (Å²) in [5, 5.41) is 14.5. The zero-order valence-electron chi connectivity index (χ0n) is 12.4. The van der Waals surface area contributed by atoms with E-state index in [-0.39, 0.29) is 0 Å². The lowest BCUT2D eigenvalue weighted by Gasteiger charge is -2.23. The predicted octanol–water partition coefficient (Wildman–Crippen LogP) is 0.411. The van der Waals surface area contributed by atoms with Crippen molar-refractivity contribution in [3.8, 4) is 0 Å². The van der Waals surface area contributed by atoms with Crippen LogP contribution in [0.4, 0.5) is 5.69 Å². The van der Waals surface area contributed by atoms with Crippen LogP contribution in [0.15, 0.2) is 0 Å². The van der Waals surface area contributed by atoms with Crippen LogP contribution in [0.25, 0.3) is 0 Å². The molecule has 1 rings (SSSR count). The molecule has 110 valence electrons. The molecule has 1 atom stereocenters. The molecule has 0 aliphatic rings. The van der Waals surface area contributed by atoms with Crippen LogP contribution in [-0.2, 0) is 11.3 Å². The molecule has 1 unspecified atom stereocenters. The maximum absolute atomic E-state index is 10.1. The summed E-state index contributed by atoms with van der Waals surface area (Å²) in [7, 11) is 1.68. The summed E-state index contributed by atoms with van der Waals surface area (Å²) in [4.78, 5) is 2.16. The van der Waals surface area contributed by atoms with E-state index in [9.17, 15) is 5.11 Å². The first-order valence-electron chi connectivity index (χ1n) is 6.68. The van der Waals surface area contributed by atoms with Crippen LogP contribution in [0.1, 0.15) is 18.3 Å². The lowest BCUT2D eigenvalue weighted by molar-refractivity contribution is 0.0793. The third-order valence-electron chi connectivity index (χ3n) is 3.35. The Bertz CT molecular complexity index is 392. The van der Waals surface area contributed by atoms with E-state index >= 15 is 0 Å². The molecular weight excluding hydrogens is 244 g/mol. The number of anilines is 1. The number of nitrogen functional groups attached to an aromatic ring is 1. The normalized spacial score (nSPS) is 13.2. The van der Waals surface area contributed by atoms with Crippen molar-refractivity contribution in [2.45, 2.75) is 33.4 Å². The highest BCUT2D eigenvalue weighted by Crippen LogP contribution is 2.15. The minimum absolute atomic E-state index is 0.464. The summed E-state index contributed by atoms with van der Waals surface area (Å²) in [6.45, 7) is 9.33. The van der Waals surface area contributed by atoms with Crippen molar-refractivity contribution >= 4 is 5.69 Å². The molecule has 19 heavy (non-hydrogen) atoms. The van der Waals surface area contributed by atoms with Gasteiger partial charge < -0.3 is 15.6 Å². The van der Waals surface area contributed by atoms with Crippen molar-refractivity contribution in [3.63, 3.8) is 0 Å². The standard InChI is InChI=1S/C13H26N4O2/c1-5-16(6-7-19-4)8-12(18)9-17-11(3)13(14)10(2)15-17/h12,18H,5-9,14H2,1-4H3. The molecule has 0 radical (unpaired) electrons. The van der Waals surface area contributed by atoms with Gasteiger partial charge in [-0.2, -0.15) is 5.10 Å². The van der Waals surface area contributed by atoms with E-state index in [1.165, 1.54) is 0 Å². The maximum Gasteiger partial charge on any atom is 0.0862 e. The third kappa shape index (κ3) is 4.49. The minimum Gasteiger partial charge on any atom is -0.396 e. The lowest BCUT2D eigenvalue weighted by Crippen LogP contribution is -2.37. The molecule has 0 aromatic carbocycles. The molecule has 0 saturated heterocycles. The third-order valence-corrected chi connectivity index (χ3v) is 3.35. The van der Waals surface area contributed by atoms with E-state index in [2.05, 4.69) is 16.9 Å². The Morgan fingerprint density at radius 1 is 1.47 bits per heavy atom. The molecule has 0 spiro atoms. The number of aliphatic hydroxyl groups is 1. The Morgan fingerprint density at radius 3 is 2.63 bits per heavy atom. The number of hydrogen-bond acceptors (Lipinski definition) is 5. The number of ether oxygens (including phenoxy) is 1. The summed E-state index contributed by atoms with van der Waals surface area (Å²) in [6.07, 6.45) is -0.464. The summed E-state index contributed by atoms with van der Waals surface area (Å²) < 4.78 is 6.83. The molecule has 6 nitrogen and oxygen atoms in total. The van der Waals surface area contributed by atoms with Gasteiger partial charge in [0.1, 0.15) is 0 Å². The molecule has 0 bridgehead atoms. The Balaban J connectivity index is 2.53. The molecule has 3 N–H and O–H groups in total. The number of likely N-dealkylation sites (N-methyl/N-ethyl adjacent to an activating group) is 1. The molecular formula is C13H26N4O2. The fourth-order valence-electron chi connectivity index (χ4n) is 2.04. The zero-order chi connectivity index (χ0) is 14.4. The number of aromatic nitrogens is 2. The van der Waals surface area contributed by atoms with Crippen LogP contribution >= 0.6 is 0 Å². The van der Waals surface area contributed by atoms with E-state index in [1.54, 1.807) is 11.8 Å². The summed E-state index contributed by atoms with van der Waals surface area (Å²) in [5.41, 5.74) is 8.32. The highest BCUT2D eigenvalue weighted by atomic mass is 16.5. The number of nitrogens with zero attached hydrogens (tertiary/aromatic N) is 3. The van der Waals surface area contributed by atoms with Crippen molar-refractivity contribution < 1.29 is 9.84 Å². The number of methoxy groups -OCH3 is 1. The fraction of sp³-hybridized carbons (Fsp3) is 0.769. The van der Waals surface area contributed by atoms with Gasteiger partial charge in [-0.25, -0.2) is 0 Å². The molecule has 0 aliphatic heterocycles. The number of nitrogens with two attached hydrogens (primary N) is 1. The first-order chi connectivity index (χ1) is 8.99. The average Bonchev–Trinajstić information content (AvgIpc) is 2.62. The minimum atomic E-state index is -0.464. The number of hydrogen-bond donors (Lipinski definition) is 2. The van der Waals surface area contributed by atoms with Crippen molar-refractivity contribution in [1.82, 2.24) is 14.7 Å². The molecule has 0 aliphatic carbocycles. The van der Waals surface area contributed by atoms with Gasteiger partial charge in [0.25, 0.3) is 0 Å². The fourth-order valence-corrected chi connectivity index (χ4v) is 2.04. The largest absolute Gasteiger partial charge is 0.396 e. The highest BCUT2D eigenvalue weighted by molar-refractivity contribution is 5.46. The molecule has 6 heteroatoms. The quantitative estimate of drug-likeness (QED) is 0.715. The zero-order valence-corrected chi connectivity index (χ0v) is 12.4. The van der Waals surface area contributed by atoms with Crippen LogP contribution in [-0.4, -0.2) is 59.2 Å². The van der Waals surface area contributed by atoms with E-state index in [1.807, 2.05) is 13.8 Å². The van der Waals surface area contributed by atoms with Gasteiger partial charge >= 0.3 is 0 Å². The van der Waals surface area contributed by atoms with Gasteiger partial charge in [-0.1, -0.05) is 6.92 Å². The number of aliphatic hydroxyl groups excluding tert-OH is 1. The Morgan fingerprint density at radius 2 is 2.16 bits per heavy atom. The van der Waals surface area contributed by atoms with Crippen LogP contribution in [0.3, 0.4) is 0 Å². The van der Waals surface area contributed by atoms with Gasteiger partial charge in [-0.15, -0.1) is 0 Å². The summed E-state index contributed by atoms with van der Waals surface area (Å²) >= 11 is 0. The van der Waals surface area contributed by atoms with Crippen molar-refractivity contribution in [1.29, 1.82) is 0 Å². The van der Waals surface area contributed by atoms with E-state index in [4.69, 9.17) is 10.5 Å². The molecule has 0 fully saturated rings. The van der Waals surface area contributed by atoms with E-state index < -0.39 is 6.10 Å². The first-order valence-corrected chi connectivity index (χ1v) is 6.68. The maximum atomic E-state index is 10.1. The molecule has 1 aromatic rings. The second-order valence-corrected chi connectivity index (χ2v) is 4.81. The lowest BCUT2D eigenvalue weighted by atomic mass is 10.3. The first kappa shape index (κ1) is 15.9. The topological polar surface area (TPSA) is 76.5 Å². The van der Waals surface area contributed by atoms with E-state index in [0.717, 1.165) is 24.5 Å². The molecule has 1 heterocycles. The average molecular weight is 270 g/mol. The number of rotatable bonds is 8. The van der Waals surface area contributed by atoms with Gasteiger partial charge in [0.2, 0.25) is 0 Å². The van der Waals surface area contributed by atoms with Gasteiger partial charge in [0.05, 0.1) is 36.3 Å². The predicted molar refractivity (Wildman–Crippen MR) is 76.1 cm³/mol. The van der Waals surface area contributed by atoms with Crippen LogP contribution in [0.2, 0.25) is 0 Å². The van der Waals surface area contributed by atoms with Crippen molar-refractivity contribution in [2.75, 3.05) is 39.1 Å². The van der Waals surface area contributed by atoms with Crippen molar-refractivity contribution in [2.24, 2.45) is 0 Å². The molecule has 1 aromatic heterocycles. The second-order valence-electron chi connectivity index (χ2n) is 4.81. The second kappa shape index (κ2) is 7.47. The van der Waals surface area contributed by atoms with Gasteiger partial charge in [0.15, 0.2) is 0 Å². The SMILES string of the molecule is CCN(CCOC)CC(O)Cn1nc(C)c(N)c1C. The van der Waals surface area contributed by atoms with Gasteiger partial charge in [-0.3, -0.25) is 9.58 Å². The Kier molecular flexibility index (Phi) is 6.27. The van der Waals surface area contributed by atoms with Crippen LogP contribution in [0, 0.1) is 13.8 Å². The monoisotopic (exact) mass is 270 g/mol. The van der Waals surface area contributed by atoms with Gasteiger partial charge in [0, 0.05) is 20.2 Å². The summed E-state index contributed by atoms with van der Waals surface area (Å²) in [5.74, 6) is 0. The van der Waals surface area contributed by atoms with Crippen LogP contribution < -0.4 is 5.73 Å². The number of aryl methyl sites for hydroxylation is 1. The van der Waals surface area contributed by atoms with E-state index in [0.29, 0.717) is 25.4 Å². The van der Waals surface area contributed by atoms with Crippen LogP contribution in [0.5, 0.6) is 0 Å². The molecule has 0 amide bonds.